The second-order valence-corrected chi connectivity index (χ2v) is 5.92. The van der Waals surface area contributed by atoms with Crippen LogP contribution in [0, 0.1) is 6.92 Å². The molecule has 0 radical (unpaired) electrons. The molecule has 126 valence electrons. The second-order valence-electron chi connectivity index (χ2n) is 5.92. The number of para-hydroxylation sites is 3. The third-order valence-electron chi connectivity index (χ3n) is 4.13. The molecule has 0 atom stereocenters. The Labute approximate surface area is 143 Å². The summed E-state index contributed by atoms with van der Waals surface area (Å²) in [6.45, 7) is 4.27. The summed E-state index contributed by atoms with van der Waals surface area (Å²) in [5, 5.41) is 0. The van der Waals surface area contributed by atoms with Crippen molar-refractivity contribution >= 4 is 11.0 Å². The van der Waals surface area contributed by atoms with Gasteiger partial charge in [0.25, 0.3) is 0 Å². The number of nitrogens with zero attached hydrogens (tertiary/aromatic N) is 2. The van der Waals surface area contributed by atoms with Gasteiger partial charge in [0, 0.05) is 13.7 Å². The van der Waals surface area contributed by atoms with E-state index in [1.165, 1.54) is 11.1 Å². The van der Waals surface area contributed by atoms with Crippen molar-refractivity contribution < 1.29 is 9.47 Å². The van der Waals surface area contributed by atoms with Gasteiger partial charge >= 0.3 is 0 Å². The second kappa shape index (κ2) is 7.97. The van der Waals surface area contributed by atoms with Crippen LogP contribution in [0.3, 0.4) is 0 Å². The molecule has 0 fully saturated rings. The van der Waals surface area contributed by atoms with Gasteiger partial charge in [-0.2, -0.15) is 0 Å². The van der Waals surface area contributed by atoms with Crippen molar-refractivity contribution in [3.05, 3.63) is 59.9 Å². The molecule has 4 heteroatoms. The fourth-order valence-corrected chi connectivity index (χ4v) is 2.89. The number of benzene rings is 2. The molecule has 3 rings (SSSR count). The quantitative estimate of drug-likeness (QED) is 0.578. The number of hydrogen-bond acceptors (Lipinski definition) is 3. The third kappa shape index (κ3) is 3.77. The Morgan fingerprint density at radius 2 is 1.79 bits per heavy atom. The van der Waals surface area contributed by atoms with Gasteiger partial charge in [-0.25, -0.2) is 4.98 Å². The van der Waals surface area contributed by atoms with Crippen molar-refractivity contribution in [1.29, 1.82) is 0 Å². The minimum Gasteiger partial charge on any atom is -0.493 e. The summed E-state index contributed by atoms with van der Waals surface area (Å²) in [6.07, 6.45) is 2.05. The van der Waals surface area contributed by atoms with E-state index in [4.69, 9.17) is 9.47 Å². The maximum Gasteiger partial charge on any atom is 0.135 e. The zero-order valence-corrected chi connectivity index (χ0v) is 14.4. The van der Waals surface area contributed by atoms with Gasteiger partial charge in [-0.1, -0.05) is 30.3 Å². The van der Waals surface area contributed by atoms with E-state index in [9.17, 15) is 0 Å². The van der Waals surface area contributed by atoms with E-state index in [-0.39, 0.29) is 0 Å². The van der Waals surface area contributed by atoms with Gasteiger partial charge in [0.05, 0.1) is 17.6 Å². The van der Waals surface area contributed by atoms with Crippen LogP contribution in [-0.2, 0) is 17.9 Å². The average Bonchev–Trinajstić information content (AvgIpc) is 2.94. The fourth-order valence-electron chi connectivity index (χ4n) is 2.89. The van der Waals surface area contributed by atoms with E-state index in [0.717, 1.165) is 43.1 Å². The molecule has 0 saturated carbocycles. The Morgan fingerprint density at radius 1 is 1.00 bits per heavy atom. The molecule has 1 heterocycles. The van der Waals surface area contributed by atoms with Crippen LogP contribution in [0.15, 0.2) is 48.5 Å². The Hall–Kier alpha value is -2.33. The molecule has 3 aromatic rings. The molecular formula is C20H24N2O2. The number of unbranched alkanes of at least 4 members (excludes halogenated alkanes) is 1. The van der Waals surface area contributed by atoms with E-state index in [2.05, 4.69) is 34.7 Å². The third-order valence-corrected chi connectivity index (χ3v) is 4.13. The largest absolute Gasteiger partial charge is 0.493 e. The molecule has 4 nitrogen and oxygen atoms in total. The van der Waals surface area contributed by atoms with E-state index in [1.807, 2.05) is 30.3 Å². The molecule has 2 aromatic carbocycles. The molecular weight excluding hydrogens is 300 g/mol. The van der Waals surface area contributed by atoms with Gasteiger partial charge < -0.3 is 14.0 Å². The molecule has 24 heavy (non-hydrogen) atoms. The highest BCUT2D eigenvalue weighted by molar-refractivity contribution is 5.75. The van der Waals surface area contributed by atoms with Crippen LogP contribution in [-0.4, -0.2) is 23.3 Å². The number of hydrogen-bond donors (Lipinski definition) is 0. The minimum atomic E-state index is 0.536. The van der Waals surface area contributed by atoms with Gasteiger partial charge in [0.2, 0.25) is 0 Å². The predicted molar refractivity (Wildman–Crippen MR) is 96.4 cm³/mol. The van der Waals surface area contributed by atoms with Crippen LogP contribution in [0.1, 0.15) is 24.2 Å². The van der Waals surface area contributed by atoms with Crippen LogP contribution in [0.2, 0.25) is 0 Å². The van der Waals surface area contributed by atoms with Gasteiger partial charge in [-0.3, -0.25) is 0 Å². The van der Waals surface area contributed by atoms with Crippen molar-refractivity contribution in [1.82, 2.24) is 9.55 Å². The molecule has 0 N–H and O–H groups in total. The lowest BCUT2D eigenvalue weighted by atomic mass is 10.2. The Kier molecular flexibility index (Phi) is 5.49. The zero-order valence-electron chi connectivity index (χ0n) is 14.4. The lowest BCUT2D eigenvalue weighted by molar-refractivity contribution is 0.174. The standard InChI is InChI=1S/C20H24N2O2/c1-16-9-3-6-12-19(16)24-14-8-7-13-22-18-11-5-4-10-17(18)21-20(22)15-23-2/h3-6,9-12H,7-8,13-15H2,1-2H3. The van der Waals surface area contributed by atoms with Gasteiger partial charge in [-0.05, 0) is 43.5 Å². The van der Waals surface area contributed by atoms with E-state index < -0.39 is 0 Å². The van der Waals surface area contributed by atoms with Crippen LogP contribution in [0.4, 0.5) is 0 Å². The number of imidazole rings is 1. The Morgan fingerprint density at radius 3 is 2.62 bits per heavy atom. The van der Waals surface area contributed by atoms with Gasteiger partial charge in [0.1, 0.15) is 18.2 Å². The van der Waals surface area contributed by atoms with Crippen LogP contribution >= 0.6 is 0 Å². The predicted octanol–water partition coefficient (Wildman–Crippen LogP) is 4.35. The lowest BCUT2D eigenvalue weighted by Crippen LogP contribution is -2.07. The number of rotatable bonds is 8. The molecule has 0 amide bonds. The van der Waals surface area contributed by atoms with Crippen molar-refractivity contribution in [2.45, 2.75) is 32.9 Å². The number of aryl methyl sites for hydroxylation is 2. The molecule has 0 spiro atoms. The first-order chi connectivity index (χ1) is 11.8. The molecule has 0 aliphatic carbocycles. The highest BCUT2D eigenvalue weighted by Gasteiger charge is 2.09. The molecule has 0 aliphatic rings. The van der Waals surface area contributed by atoms with Crippen molar-refractivity contribution in [3.8, 4) is 5.75 Å². The van der Waals surface area contributed by atoms with Crippen LogP contribution < -0.4 is 4.74 Å². The highest BCUT2D eigenvalue weighted by Crippen LogP contribution is 2.19. The summed E-state index contributed by atoms with van der Waals surface area (Å²) in [5.41, 5.74) is 3.38. The van der Waals surface area contributed by atoms with Gasteiger partial charge in [-0.15, -0.1) is 0 Å². The molecule has 0 saturated heterocycles. The monoisotopic (exact) mass is 324 g/mol. The molecule has 0 bridgehead atoms. The summed E-state index contributed by atoms with van der Waals surface area (Å²) in [5.74, 6) is 1.96. The van der Waals surface area contributed by atoms with E-state index in [1.54, 1.807) is 7.11 Å². The Bertz CT molecular complexity index is 795. The first-order valence-corrected chi connectivity index (χ1v) is 8.41. The maximum absolute atomic E-state index is 5.87. The van der Waals surface area contributed by atoms with Crippen LogP contribution in [0.25, 0.3) is 11.0 Å². The zero-order chi connectivity index (χ0) is 16.8. The van der Waals surface area contributed by atoms with E-state index >= 15 is 0 Å². The lowest BCUT2D eigenvalue weighted by Gasteiger charge is -2.10. The van der Waals surface area contributed by atoms with Gasteiger partial charge in [0.15, 0.2) is 0 Å². The number of methoxy groups -OCH3 is 1. The summed E-state index contributed by atoms with van der Waals surface area (Å²) < 4.78 is 13.4. The smallest absolute Gasteiger partial charge is 0.135 e. The normalized spacial score (nSPS) is 11.1. The van der Waals surface area contributed by atoms with Crippen molar-refractivity contribution in [2.75, 3.05) is 13.7 Å². The fraction of sp³-hybridized carbons (Fsp3) is 0.350. The summed E-state index contributed by atoms with van der Waals surface area (Å²) in [6, 6.07) is 16.4. The molecule has 1 aromatic heterocycles. The number of ether oxygens (including phenoxy) is 2. The topological polar surface area (TPSA) is 36.3 Å². The summed E-state index contributed by atoms with van der Waals surface area (Å²) >= 11 is 0. The van der Waals surface area contributed by atoms with Crippen LogP contribution in [0.5, 0.6) is 5.75 Å². The average molecular weight is 324 g/mol. The first kappa shape index (κ1) is 16.5. The highest BCUT2D eigenvalue weighted by atomic mass is 16.5. The minimum absolute atomic E-state index is 0.536. The SMILES string of the molecule is COCc1nc2ccccc2n1CCCCOc1ccccc1C. The summed E-state index contributed by atoms with van der Waals surface area (Å²) in [4.78, 5) is 4.67. The van der Waals surface area contributed by atoms with Crippen molar-refractivity contribution in [3.63, 3.8) is 0 Å². The summed E-state index contributed by atoms with van der Waals surface area (Å²) in [7, 11) is 1.71. The molecule has 0 unspecified atom stereocenters. The Balaban J connectivity index is 1.57. The van der Waals surface area contributed by atoms with Crippen molar-refractivity contribution in [2.24, 2.45) is 0 Å². The maximum atomic E-state index is 5.87. The number of aromatic nitrogens is 2. The molecule has 0 aliphatic heterocycles. The van der Waals surface area contributed by atoms with E-state index in [0.29, 0.717) is 6.61 Å². The first-order valence-electron chi connectivity index (χ1n) is 8.41. The number of fused-ring (bicyclic) bond motifs is 1.